The number of carboxylic acids is 1. The maximum Gasteiger partial charge on any atom is 0.341 e. The van der Waals surface area contributed by atoms with Crippen LogP contribution in [0, 0.1) is 5.82 Å². The largest absolute Gasteiger partial charge is 0.477 e. The van der Waals surface area contributed by atoms with Gasteiger partial charge in [-0.1, -0.05) is 5.16 Å². The van der Waals surface area contributed by atoms with Gasteiger partial charge < -0.3 is 19.8 Å². The summed E-state index contributed by atoms with van der Waals surface area (Å²) >= 11 is 0. The quantitative estimate of drug-likeness (QED) is 0.427. The lowest BCUT2D eigenvalue weighted by molar-refractivity contribution is 0.0695. The number of hydrogen-bond acceptors (Lipinski definition) is 6. The summed E-state index contributed by atoms with van der Waals surface area (Å²) in [6.07, 6.45) is 3.91. The summed E-state index contributed by atoms with van der Waals surface area (Å²) in [7, 11) is 0. The first-order chi connectivity index (χ1) is 14.4. The highest BCUT2D eigenvalue weighted by molar-refractivity contribution is 5.93. The van der Waals surface area contributed by atoms with Crippen molar-refractivity contribution in [2.24, 2.45) is 5.16 Å². The van der Waals surface area contributed by atoms with Crippen LogP contribution in [0.25, 0.3) is 10.9 Å². The summed E-state index contributed by atoms with van der Waals surface area (Å²) in [6, 6.07) is 3.03. The van der Waals surface area contributed by atoms with Crippen molar-refractivity contribution >= 4 is 28.3 Å². The van der Waals surface area contributed by atoms with Crippen LogP contribution in [0.4, 0.5) is 10.1 Å². The lowest BCUT2D eigenvalue weighted by atomic mass is 10.1. The topological polar surface area (TPSA) is 98.4 Å². The van der Waals surface area contributed by atoms with Crippen molar-refractivity contribution in [2.45, 2.75) is 32.2 Å². The minimum Gasteiger partial charge on any atom is -0.477 e. The Bertz CT molecular complexity index is 1070. The van der Waals surface area contributed by atoms with Crippen LogP contribution in [0.5, 0.6) is 0 Å². The summed E-state index contributed by atoms with van der Waals surface area (Å²) in [6.45, 7) is 5.34. The number of rotatable bonds is 6. The van der Waals surface area contributed by atoms with E-state index in [1.54, 1.807) is 13.0 Å². The third kappa shape index (κ3) is 3.89. The number of oxime groups is 1. The van der Waals surface area contributed by atoms with Crippen molar-refractivity contribution in [1.82, 2.24) is 9.47 Å². The Morgan fingerprint density at radius 1 is 1.23 bits per heavy atom. The fraction of sp³-hybridized carbons (Fsp3) is 0.476. The van der Waals surface area contributed by atoms with Crippen LogP contribution in [-0.4, -0.2) is 64.2 Å². The summed E-state index contributed by atoms with van der Waals surface area (Å²) in [5.74, 6) is -1.81. The molecule has 2 N–H and O–H groups in total. The average Bonchev–Trinajstić information content (AvgIpc) is 3.57. The number of fused-ring (bicyclic) bond motifs is 1. The standard InChI is InChI=1S/C21H25FN4O4/c1-13(23-30)4-5-24-6-8-25(9-7-24)19-11-18-15(10-17(19)22)20(27)16(21(28)29)12-26(18)14-2-3-14/h10-12,14,30H,2-9H2,1H3,(H,28,29). The van der Waals surface area contributed by atoms with Crippen LogP contribution >= 0.6 is 0 Å². The molecular formula is C21H25FN4O4. The number of hydrogen-bond donors (Lipinski definition) is 2. The van der Waals surface area contributed by atoms with Crippen LogP contribution in [0.3, 0.4) is 0 Å². The predicted molar refractivity (Wildman–Crippen MR) is 112 cm³/mol. The van der Waals surface area contributed by atoms with Gasteiger partial charge in [-0.05, 0) is 31.9 Å². The maximum absolute atomic E-state index is 15.0. The van der Waals surface area contributed by atoms with Crippen molar-refractivity contribution < 1.29 is 19.5 Å². The van der Waals surface area contributed by atoms with E-state index in [1.165, 1.54) is 12.3 Å². The van der Waals surface area contributed by atoms with E-state index in [0.29, 0.717) is 36.4 Å². The molecule has 2 heterocycles. The van der Waals surface area contributed by atoms with Crippen molar-refractivity contribution in [2.75, 3.05) is 37.6 Å². The molecular weight excluding hydrogens is 391 g/mol. The van der Waals surface area contributed by atoms with Gasteiger partial charge in [0.25, 0.3) is 0 Å². The fourth-order valence-electron chi connectivity index (χ4n) is 3.99. The second-order valence-corrected chi connectivity index (χ2v) is 8.05. The third-order valence-corrected chi connectivity index (χ3v) is 5.94. The van der Waals surface area contributed by atoms with Gasteiger partial charge in [-0.15, -0.1) is 0 Å². The number of pyridine rings is 1. The minimum atomic E-state index is -1.29. The Morgan fingerprint density at radius 2 is 1.93 bits per heavy atom. The number of carboxylic acid groups (broad SMARTS) is 1. The van der Waals surface area contributed by atoms with E-state index in [-0.39, 0.29) is 17.0 Å². The van der Waals surface area contributed by atoms with Gasteiger partial charge in [0.05, 0.1) is 16.9 Å². The molecule has 0 unspecified atom stereocenters. The molecule has 1 saturated heterocycles. The molecule has 1 aromatic heterocycles. The Kier molecular flexibility index (Phi) is 5.46. The van der Waals surface area contributed by atoms with Gasteiger partial charge in [-0.2, -0.15) is 0 Å². The number of benzene rings is 1. The maximum atomic E-state index is 15.0. The number of nitrogens with zero attached hydrogens (tertiary/aromatic N) is 4. The van der Waals surface area contributed by atoms with Crippen LogP contribution in [0.2, 0.25) is 0 Å². The Labute approximate surface area is 172 Å². The molecule has 4 rings (SSSR count). The first kappa shape index (κ1) is 20.3. The molecule has 1 aliphatic heterocycles. The number of anilines is 1. The molecule has 160 valence electrons. The van der Waals surface area contributed by atoms with E-state index >= 15 is 0 Å². The molecule has 1 aliphatic carbocycles. The van der Waals surface area contributed by atoms with Gasteiger partial charge in [-0.3, -0.25) is 9.69 Å². The number of halogens is 1. The summed E-state index contributed by atoms with van der Waals surface area (Å²) in [5, 5.41) is 21.4. The smallest absolute Gasteiger partial charge is 0.341 e. The molecule has 0 amide bonds. The van der Waals surface area contributed by atoms with Crippen LogP contribution < -0.4 is 10.3 Å². The fourth-order valence-corrected chi connectivity index (χ4v) is 3.99. The number of aromatic carboxylic acids is 1. The van der Waals surface area contributed by atoms with E-state index in [2.05, 4.69) is 10.1 Å². The second-order valence-electron chi connectivity index (χ2n) is 8.05. The molecule has 0 bridgehead atoms. The summed E-state index contributed by atoms with van der Waals surface area (Å²) in [5.41, 5.74) is 0.729. The summed E-state index contributed by atoms with van der Waals surface area (Å²) in [4.78, 5) is 28.3. The molecule has 8 nitrogen and oxygen atoms in total. The van der Waals surface area contributed by atoms with Gasteiger partial charge in [0.1, 0.15) is 11.4 Å². The molecule has 2 fully saturated rings. The number of carbonyl (C=O) groups is 1. The van der Waals surface area contributed by atoms with E-state index in [4.69, 9.17) is 5.21 Å². The van der Waals surface area contributed by atoms with Crippen molar-refractivity contribution in [3.8, 4) is 0 Å². The van der Waals surface area contributed by atoms with Crippen LogP contribution in [0.1, 0.15) is 42.6 Å². The second kappa shape index (κ2) is 8.06. The van der Waals surface area contributed by atoms with E-state index in [9.17, 15) is 19.1 Å². The van der Waals surface area contributed by atoms with Crippen LogP contribution in [0.15, 0.2) is 28.3 Å². The van der Waals surface area contributed by atoms with Gasteiger partial charge in [0.2, 0.25) is 5.43 Å². The zero-order chi connectivity index (χ0) is 21.4. The van der Waals surface area contributed by atoms with Gasteiger partial charge in [0.15, 0.2) is 0 Å². The number of piperazine rings is 1. The van der Waals surface area contributed by atoms with E-state index in [0.717, 1.165) is 32.5 Å². The molecule has 2 aromatic rings. The number of aromatic nitrogens is 1. The first-order valence-corrected chi connectivity index (χ1v) is 10.2. The molecule has 0 spiro atoms. The Hall–Kier alpha value is -2.94. The lowest BCUT2D eigenvalue weighted by Gasteiger charge is -2.36. The van der Waals surface area contributed by atoms with Crippen molar-refractivity contribution in [1.29, 1.82) is 0 Å². The highest BCUT2D eigenvalue weighted by Crippen LogP contribution is 2.38. The van der Waals surface area contributed by atoms with E-state index in [1.807, 2.05) is 9.47 Å². The molecule has 0 radical (unpaired) electrons. The minimum absolute atomic E-state index is 0.112. The zero-order valence-corrected chi connectivity index (χ0v) is 16.8. The Morgan fingerprint density at radius 3 is 2.53 bits per heavy atom. The SMILES string of the molecule is CC(CCN1CCN(c2cc3c(cc2F)c(=O)c(C(=O)O)cn3C2CC2)CC1)=NO. The molecule has 1 saturated carbocycles. The van der Waals surface area contributed by atoms with Gasteiger partial charge in [0, 0.05) is 56.8 Å². The molecule has 2 aliphatic rings. The summed E-state index contributed by atoms with van der Waals surface area (Å²) < 4.78 is 16.8. The Balaban J connectivity index is 1.62. The monoisotopic (exact) mass is 416 g/mol. The molecule has 1 aromatic carbocycles. The van der Waals surface area contributed by atoms with Gasteiger partial charge >= 0.3 is 5.97 Å². The first-order valence-electron chi connectivity index (χ1n) is 10.2. The van der Waals surface area contributed by atoms with Crippen molar-refractivity contribution in [3.63, 3.8) is 0 Å². The van der Waals surface area contributed by atoms with E-state index < -0.39 is 17.2 Å². The molecule has 9 heteroatoms. The highest BCUT2D eigenvalue weighted by Gasteiger charge is 2.28. The zero-order valence-electron chi connectivity index (χ0n) is 16.8. The lowest BCUT2D eigenvalue weighted by Crippen LogP contribution is -2.47. The highest BCUT2D eigenvalue weighted by atomic mass is 19.1. The third-order valence-electron chi connectivity index (χ3n) is 5.94. The predicted octanol–water partition coefficient (Wildman–Crippen LogP) is 2.54. The average molecular weight is 416 g/mol. The molecule has 0 atom stereocenters. The van der Waals surface area contributed by atoms with Crippen molar-refractivity contribution in [3.05, 3.63) is 39.9 Å². The van der Waals surface area contributed by atoms with Crippen LogP contribution in [-0.2, 0) is 0 Å². The molecule has 30 heavy (non-hydrogen) atoms. The van der Waals surface area contributed by atoms with Gasteiger partial charge in [-0.25, -0.2) is 9.18 Å². The normalized spacial score (nSPS) is 18.2.